The number of nitrogens with two attached hydrogens (primary N) is 2. The molecule has 1 atom stereocenters. The van der Waals surface area contributed by atoms with Crippen molar-refractivity contribution in [3.05, 3.63) is 5.69 Å². The van der Waals surface area contributed by atoms with Gasteiger partial charge in [-0.25, -0.2) is 4.98 Å². The molecule has 1 unspecified atom stereocenters. The molecule has 0 aromatic carbocycles. The van der Waals surface area contributed by atoms with E-state index in [4.69, 9.17) is 23.1 Å². The molecule has 0 radical (unpaired) electrons. The van der Waals surface area contributed by atoms with E-state index in [0.29, 0.717) is 11.7 Å². The fraction of sp³-hybridized carbons (Fsp3) is 0.500. The molecule has 14 heavy (non-hydrogen) atoms. The van der Waals surface area contributed by atoms with Crippen LogP contribution in [0.2, 0.25) is 0 Å². The molecule has 1 aliphatic heterocycles. The summed E-state index contributed by atoms with van der Waals surface area (Å²) in [5.41, 5.74) is 12.9. The van der Waals surface area contributed by atoms with Gasteiger partial charge in [-0.3, -0.25) is 0 Å². The minimum absolute atomic E-state index is 0.229. The molecule has 0 spiro atoms. The Kier molecular flexibility index (Phi) is 2.33. The third-order valence-corrected chi connectivity index (χ3v) is 2.67. The van der Waals surface area contributed by atoms with Crippen molar-refractivity contribution in [2.75, 3.05) is 22.7 Å². The Morgan fingerprint density at radius 3 is 2.93 bits per heavy atom. The van der Waals surface area contributed by atoms with Gasteiger partial charge in [-0.2, -0.15) is 4.98 Å². The highest BCUT2D eigenvalue weighted by atomic mass is 35.5. The highest BCUT2D eigenvalue weighted by Crippen LogP contribution is 2.28. The zero-order chi connectivity index (χ0) is 10.1. The number of nitrogens with one attached hydrogen (secondary N) is 1. The van der Waals surface area contributed by atoms with E-state index < -0.39 is 0 Å². The van der Waals surface area contributed by atoms with Gasteiger partial charge in [-0.05, 0) is 12.8 Å². The molecule has 1 aromatic heterocycles. The zero-order valence-corrected chi connectivity index (χ0v) is 8.38. The van der Waals surface area contributed by atoms with Gasteiger partial charge in [0.2, 0.25) is 5.95 Å². The lowest BCUT2D eigenvalue weighted by Gasteiger charge is -2.25. The van der Waals surface area contributed by atoms with Gasteiger partial charge in [0.25, 0.3) is 0 Å². The SMILES string of the molecule is Nc1nc(N)c2c(n1)CCC(CCl)N2. The summed E-state index contributed by atoms with van der Waals surface area (Å²) in [5.74, 6) is 1.19. The van der Waals surface area contributed by atoms with Crippen LogP contribution in [0.4, 0.5) is 17.5 Å². The van der Waals surface area contributed by atoms with Gasteiger partial charge in [-0.1, -0.05) is 0 Å². The number of halogens is 1. The monoisotopic (exact) mass is 213 g/mol. The molecular weight excluding hydrogens is 202 g/mol. The number of aromatic nitrogens is 2. The molecule has 0 saturated heterocycles. The second kappa shape index (κ2) is 3.49. The highest BCUT2D eigenvalue weighted by molar-refractivity contribution is 6.18. The van der Waals surface area contributed by atoms with E-state index >= 15 is 0 Å². The topological polar surface area (TPSA) is 89.8 Å². The highest BCUT2D eigenvalue weighted by Gasteiger charge is 2.21. The molecule has 0 bridgehead atoms. The van der Waals surface area contributed by atoms with Gasteiger partial charge in [0, 0.05) is 11.9 Å². The van der Waals surface area contributed by atoms with Crippen LogP contribution in [0.25, 0.3) is 0 Å². The first-order chi connectivity index (χ1) is 6.70. The van der Waals surface area contributed by atoms with Crippen LogP contribution in [-0.4, -0.2) is 21.9 Å². The van der Waals surface area contributed by atoms with E-state index in [2.05, 4.69) is 15.3 Å². The Hall–Kier alpha value is -1.23. The van der Waals surface area contributed by atoms with Crippen molar-refractivity contribution in [2.24, 2.45) is 0 Å². The molecule has 2 heterocycles. The van der Waals surface area contributed by atoms with E-state index in [0.717, 1.165) is 24.2 Å². The smallest absolute Gasteiger partial charge is 0.222 e. The van der Waals surface area contributed by atoms with Gasteiger partial charge < -0.3 is 16.8 Å². The van der Waals surface area contributed by atoms with E-state index in [1.165, 1.54) is 0 Å². The van der Waals surface area contributed by atoms with Crippen molar-refractivity contribution in [1.82, 2.24) is 9.97 Å². The summed E-state index contributed by atoms with van der Waals surface area (Å²) >= 11 is 5.76. The van der Waals surface area contributed by atoms with Crippen LogP contribution in [-0.2, 0) is 6.42 Å². The first-order valence-electron chi connectivity index (χ1n) is 4.45. The molecule has 0 aliphatic carbocycles. The molecule has 5 nitrogen and oxygen atoms in total. The average Bonchev–Trinajstić information content (AvgIpc) is 2.17. The molecule has 0 fully saturated rings. The molecule has 0 saturated carbocycles. The Bertz CT molecular complexity index is 354. The predicted molar refractivity (Wildman–Crippen MR) is 57.3 cm³/mol. The minimum Gasteiger partial charge on any atom is -0.382 e. The van der Waals surface area contributed by atoms with Crippen molar-refractivity contribution in [2.45, 2.75) is 18.9 Å². The van der Waals surface area contributed by atoms with Crippen molar-refractivity contribution in [3.8, 4) is 0 Å². The van der Waals surface area contributed by atoms with E-state index in [1.54, 1.807) is 0 Å². The second-order valence-electron chi connectivity index (χ2n) is 3.32. The Balaban J connectivity index is 2.37. The van der Waals surface area contributed by atoms with E-state index in [-0.39, 0.29) is 12.0 Å². The predicted octanol–water partition coefficient (Wildman–Crippen LogP) is 0.606. The van der Waals surface area contributed by atoms with Gasteiger partial charge >= 0.3 is 0 Å². The van der Waals surface area contributed by atoms with Crippen LogP contribution in [0.5, 0.6) is 0 Å². The van der Waals surface area contributed by atoms with Crippen LogP contribution in [0.1, 0.15) is 12.1 Å². The van der Waals surface area contributed by atoms with E-state index in [1.807, 2.05) is 0 Å². The fourth-order valence-electron chi connectivity index (χ4n) is 1.59. The molecule has 6 heteroatoms. The Morgan fingerprint density at radius 2 is 2.21 bits per heavy atom. The van der Waals surface area contributed by atoms with E-state index in [9.17, 15) is 0 Å². The maximum Gasteiger partial charge on any atom is 0.222 e. The van der Waals surface area contributed by atoms with Gasteiger partial charge in [0.05, 0.1) is 11.4 Å². The second-order valence-corrected chi connectivity index (χ2v) is 3.63. The lowest BCUT2D eigenvalue weighted by atomic mass is 10.0. The van der Waals surface area contributed by atoms with Gasteiger partial charge in [-0.15, -0.1) is 11.6 Å². The maximum atomic E-state index is 5.76. The maximum absolute atomic E-state index is 5.76. The molecule has 1 aromatic rings. The summed E-state index contributed by atoms with van der Waals surface area (Å²) in [7, 11) is 0. The number of fused-ring (bicyclic) bond motifs is 1. The number of alkyl halides is 1. The zero-order valence-electron chi connectivity index (χ0n) is 7.63. The van der Waals surface area contributed by atoms with Crippen molar-refractivity contribution in [3.63, 3.8) is 0 Å². The third kappa shape index (κ3) is 1.55. The van der Waals surface area contributed by atoms with Gasteiger partial charge in [0.15, 0.2) is 5.82 Å². The molecular formula is C8H12ClN5. The summed E-state index contributed by atoms with van der Waals surface area (Å²) < 4.78 is 0. The number of nitrogen functional groups attached to an aromatic ring is 2. The minimum atomic E-state index is 0.229. The van der Waals surface area contributed by atoms with Crippen molar-refractivity contribution in [1.29, 1.82) is 0 Å². The summed E-state index contributed by atoms with van der Waals surface area (Å²) in [5, 5.41) is 3.20. The van der Waals surface area contributed by atoms with Crippen LogP contribution in [0.15, 0.2) is 0 Å². The molecule has 5 N–H and O–H groups in total. The third-order valence-electron chi connectivity index (χ3n) is 2.29. The largest absolute Gasteiger partial charge is 0.382 e. The number of rotatable bonds is 1. The number of nitrogens with zero attached hydrogens (tertiary/aromatic N) is 2. The van der Waals surface area contributed by atoms with Crippen molar-refractivity contribution >= 4 is 29.1 Å². The normalized spacial score (nSPS) is 19.9. The molecule has 2 rings (SSSR count). The van der Waals surface area contributed by atoms with Crippen LogP contribution in [0.3, 0.4) is 0 Å². The fourth-order valence-corrected chi connectivity index (χ4v) is 1.82. The van der Waals surface area contributed by atoms with Crippen LogP contribution in [0, 0.1) is 0 Å². The number of anilines is 3. The summed E-state index contributed by atoms with van der Waals surface area (Å²) in [6.07, 6.45) is 1.79. The molecule has 0 amide bonds. The number of hydrogen-bond acceptors (Lipinski definition) is 5. The summed E-state index contributed by atoms with van der Waals surface area (Å²) in [4.78, 5) is 8.02. The first-order valence-corrected chi connectivity index (χ1v) is 4.98. The van der Waals surface area contributed by atoms with Crippen molar-refractivity contribution < 1.29 is 0 Å². The summed E-state index contributed by atoms with van der Waals surface area (Å²) in [6, 6.07) is 0.249. The number of hydrogen-bond donors (Lipinski definition) is 3. The lowest BCUT2D eigenvalue weighted by Crippen LogP contribution is -2.28. The van der Waals surface area contributed by atoms with Gasteiger partial charge in [0.1, 0.15) is 0 Å². The Morgan fingerprint density at radius 1 is 1.43 bits per heavy atom. The molecule has 1 aliphatic rings. The van der Waals surface area contributed by atoms with Crippen LogP contribution >= 0.6 is 11.6 Å². The molecule has 76 valence electrons. The Labute approximate surface area is 86.9 Å². The first kappa shape index (κ1) is 9.33. The quantitative estimate of drug-likeness (QED) is 0.595. The lowest BCUT2D eigenvalue weighted by molar-refractivity contribution is 0.672. The summed E-state index contributed by atoms with van der Waals surface area (Å²) in [6.45, 7) is 0. The standard InChI is InChI=1S/C8H12ClN5/c9-3-4-1-2-5-6(12-4)7(10)14-8(11)13-5/h4,12H,1-3H2,(H4,10,11,13,14). The number of aryl methyl sites for hydroxylation is 1. The van der Waals surface area contributed by atoms with Crippen LogP contribution < -0.4 is 16.8 Å². The average molecular weight is 214 g/mol.